The topological polar surface area (TPSA) is 67.9 Å². The van der Waals surface area contributed by atoms with Crippen molar-refractivity contribution in [3.63, 3.8) is 0 Å². The number of anilines is 2. The van der Waals surface area contributed by atoms with Gasteiger partial charge in [-0.2, -0.15) is 0 Å². The van der Waals surface area contributed by atoms with Gasteiger partial charge in [0, 0.05) is 24.3 Å². The van der Waals surface area contributed by atoms with Crippen LogP contribution in [0.3, 0.4) is 0 Å². The van der Waals surface area contributed by atoms with Crippen LogP contribution in [0, 0.1) is 0 Å². The number of nitrogens with one attached hydrogen (secondary N) is 1. The van der Waals surface area contributed by atoms with Gasteiger partial charge in [0.1, 0.15) is 0 Å². The van der Waals surface area contributed by atoms with Crippen LogP contribution in [-0.2, 0) is 19.1 Å². The molecular weight excluding hydrogens is 344 g/mol. The summed E-state index contributed by atoms with van der Waals surface area (Å²) in [6.45, 7) is 5.60. The lowest BCUT2D eigenvalue weighted by Gasteiger charge is -2.21. The molecule has 2 rings (SSSR count). The van der Waals surface area contributed by atoms with Crippen LogP contribution in [0.4, 0.5) is 11.4 Å². The fraction of sp³-hybridized carbons (Fsp3) is 0.444. The largest absolute Gasteiger partial charge is 0.462 e. The monoisotopic (exact) mass is 366 g/mol. The van der Waals surface area contributed by atoms with Gasteiger partial charge in [-0.05, 0) is 44.9 Å². The van der Waals surface area contributed by atoms with Crippen molar-refractivity contribution in [2.24, 2.45) is 0 Å². The van der Waals surface area contributed by atoms with Crippen molar-refractivity contribution < 1.29 is 19.1 Å². The van der Waals surface area contributed by atoms with E-state index in [2.05, 4.69) is 10.2 Å². The molecule has 0 radical (unpaired) electrons. The van der Waals surface area contributed by atoms with Crippen molar-refractivity contribution in [1.29, 1.82) is 0 Å². The minimum atomic E-state index is -0.717. The molecule has 1 saturated heterocycles. The van der Waals surface area contributed by atoms with Crippen LogP contribution < -0.4 is 10.2 Å². The summed E-state index contributed by atoms with van der Waals surface area (Å²) < 4.78 is 9.86. The highest BCUT2D eigenvalue weighted by molar-refractivity contribution is 6.31. The van der Waals surface area contributed by atoms with Gasteiger partial charge < -0.3 is 19.7 Å². The molecule has 1 aromatic carbocycles. The van der Waals surface area contributed by atoms with Crippen LogP contribution >= 0.6 is 11.6 Å². The lowest BCUT2D eigenvalue weighted by molar-refractivity contribution is -0.146. The predicted molar refractivity (Wildman–Crippen MR) is 97.9 cm³/mol. The van der Waals surface area contributed by atoms with Crippen LogP contribution in [0.1, 0.15) is 26.7 Å². The van der Waals surface area contributed by atoms with Crippen LogP contribution in [0.2, 0.25) is 5.02 Å². The van der Waals surface area contributed by atoms with Crippen molar-refractivity contribution >= 4 is 34.9 Å². The van der Waals surface area contributed by atoms with E-state index in [1.54, 1.807) is 19.9 Å². The molecule has 1 aromatic rings. The Bertz CT molecular complexity index is 634. The molecule has 1 N–H and O–H groups in total. The second kappa shape index (κ2) is 9.32. The Morgan fingerprint density at radius 1 is 1.16 bits per heavy atom. The van der Waals surface area contributed by atoms with Gasteiger partial charge in [-0.3, -0.25) is 0 Å². The van der Waals surface area contributed by atoms with Gasteiger partial charge in [0.25, 0.3) is 0 Å². The number of carbonyl (C=O) groups is 2. The van der Waals surface area contributed by atoms with E-state index in [1.165, 1.54) is 6.20 Å². The highest BCUT2D eigenvalue weighted by Crippen LogP contribution is 2.32. The van der Waals surface area contributed by atoms with Gasteiger partial charge in [0.15, 0.2) is 5.57 Å². The summed E-state index contributed by atoms with van der Waals surface area (Å²) in [7, 11) is 0. The molecule has 136 valence electrons. The predicted octanol–water partition coefficient (Wildman–Crippen LogP) is 3.36. The van der Waals surface area contributed by atoms with Gasteiger partial charge in [-0.15, -0.1) is 0 Å². The molecule has 1 aliphatic rings. The summed E-state index contributed by atoms with van der Waals surface area (Å²) in [6, 6.07) is 5.45. The molecule has 0 bridgehead atoms. The molecule has 1 fully saturated rings. The van der Waals surface area contributed by atoms with Gasteiger partial charge in [-0.25, -0.2) is 9.59 Å². The molecule has 0 amide bonds. The molecule has 1 aliphatic heterocycles. The van der Waals surface area contributed by atoms with Crippen LogP contribution in [0.25, 0.3) is 0 Å². The number of carbonyl (C=O) groups excluding carboxylic acids is 2. The smallest absolute Gasteiger partial charge is 0.347 e. The first kappa shape index (κ1) is 19.1. The fourth-order valence-electron chi connectivity index (χ4n) is 2.62. The summed E-state index contributed by atoms with van der Waals surface area (Å²) in [6.07, 6.45) is 3.58. The van der Waals surface area contributed by atoms with Crippen LogP contribution in [-0.4, -0.2) is 38.2 Å². The molecule has 0 saturated carbocycles. The molecule has 0 aliphatic carbocycles. The van der Waals surface area contributed by atoms with Gasteiger partial charge in [0.05, 0.1) is 24.6 Å². The number of nitrogens with zero attached hydrogens (tertiary/aromatic N) is 1. The standard InChI is InChI=1S/C18H23ClN2O4/c1-3-24-17(22)14(18(23)25-4-2)12-20-15-8-7-13(19)11-16(15)21-9-5-6-10-21/h7-8,11-12,20H,3-6,9-10H2,1-2H3. The highest BCUT2D eigenvalue weighted by Gasteiger charge is 2.22. The summed E-state index contributed by atoms with van der Waals surface area (Å²) in [5.41, 5.74) is 1.52. The van der Waals surface area contributed by atoms with E-state index in [-0.39, 0.29) is 18.8 Å². The maximum atomic E-state index is 12.0. The van der Waals surface area contributed by atoms with Crippen LogP contribution in [0.15, 0.2) is 30.0 Å². The summed E-state index contributed by atoms with van der Waals surface area (Å²) in [5.74, 6) is -1.43. The van der Waals surface area contributed by atoms with Crippen LogP contribution in [0.5, 0.6) is 0 Å². The van der Waals surface area contributed by atoms with Crippen molar-refractivity contribution in [2.75, 3.05) is 36.5 Å². The van der Waals surface area contributed by atoms with E-state index in [9.17, 15) is 9.59 Å². The number of ether oxygens (including phenoxy) is 2. The number of benzene rings is 1. The number of esters is 2. The van der Waals surface area contributed by atoms with E-state index in [1.807, 2.05) is 12.1 Å². The molecule has 0 aromatic heterocycles. The van der Waals surface area contributed by atoms with E-state index in [0.29, 0.717) is 5.02 Å². The Balaban J connectivity index is 2.27. The fourth-order valence-corrected chi connectivity index (χ4v) is 2.78. The maximum absolute atomic E-state index is 12.0. The van der Waals surface area contributed by atoms with E-state index < -0.39 is 11.9 Å². The molecule has 0 spiro atoms. The summed E-state index contributed by atoms with van der Waals surface area (Å²) >= 11 is 6.12. The minimum Gasteiger partial charge on any atom is -0.462 e. The van der Waals surface area contributed by atoms with E-state index in [4.69, 9.17) is 21.1 Å². The van der Waals surface area contributed by atoms with Gasteiger partial charge >= 0.3 is 11.9 Å². The summed E-state index contributed by atoms with van der Waals surface area (Å²) in [5, 5.41) is 3.66. The molecule has 1 heterocycles. The SMILES string of the molecule is CCOC(=O)C(=CNc1ccc(Cl)cc1N1CCCC1)C(=O)OCC. The Morgan fingerprint density at radius 3 is 2.32 bits per heavy atom. The lowest BCUT2D eigenvalue weighted by atomic mass is 10.2. The normalized spacial score (nSPS) is 13.3. The Kier molecular flexibility index (Phi) is 7.13. The molecule has 25 heavy (non-hydrogen) atoms. The molecule has 6 nitrogen and oxygen atoms in total. The van der Waals surface area contributed by atoms with Crippen molar-refractivity contribution in [2.45, 2.75) is 26.7 Å². The summed E-state index contributed by atoms with van der Waals surface area (Å²) in [4.78, 5) is 26.2. The van der Waals surface area contributed by atoms with Gasteiger partial charge in [0.2, 0.25) is 0 Å². The zero-order chi connectivity index (χ0) is 18.2. The van der Waals surface area contributed by atoms with Crippen molar-refractivity contribution in [3.8, 4) is 0 Å². The number of hydrogen-bond donors (Lipinski definition) is 1. The zero-order valence-electron chi connectivity index (χ0n) is 14.5. The third-order valence-electron chi connectivity index (χ3n) is 3.77. The molecular formula is C18H23ClN2O4. The Morgan fingerprint density at radius 2 is 1.76 bits per heavy atom. The first-order chi connectivity index (χ1) is 12.1. The Hall–Kier alpha value is -2.21. The first-order valence-corrected chi connectivity index (χ1v) is 8.80. The third-order valence-corrected chi connectivity index (χ3v) is 4.00. The lowest BCUT2D eigenvalue weighted by Crippen LogP contribution is -2.21. The second-order valence-electron chi connectivity index (χ2n) is 5.50. The van der Waals surface area contributed by atoms with Crippen molar-refractivity contribution in [3.05, 3.63) is 35.0 Å². The van der Waals surface area contributed by atoms with Gasteiger partial charge in [-0.1, -0.05) is 11.6 Å². The number of rotatable bonds is 7. The first-order valence-electron chi connectivity index (χ1n) is 8.42. The Labute approximate surface area is 152 Å². The minimum absolute atomic E-state index is 0.175. The number of halogens is 1. The quantitative estimate of drug-likeness (QED) is 0.345. The average molecular weight is 367 g/mol. The molecule has 0 unspecified atom stereocenters. The maximum Gasteiger partial charge on any atom is 0.347 e. The zero-order valence-corrected chi connectivity index (χ0v) is 15.3. The number of hydrogen-bond acceptors (Lipinski definition) is 6. The molecule has 0 atom stereocenters. The highest BCUT2D eigenvalue weighted by atomic mass is 35.5. The van der Waals surface area contributed by atoms with Crippen molar-refractivity contribution in [1.82, 2.24) is 0 Å². The van der Waals surface area contributed by atoms with E-state index in [0.717, 1.165) is 37.3 Å². The average Bonchev–Trinajstić information content (AvgIpc) is 3.11. The third kappa shape index (κ3) is 5.13. The molecule has 7 heteroatoms. The second-order valence-corrected chi connectivity index (χ2v) is 5.94. The van der Waals surface area contributed by atoms with E-state index >= 15 is 0 Å².